The van der Waals surface area contributed by atoms with Gasteiger partial charge in [0.25, 0.3) is 0 Å². The SMILES string of the molecule is CC(=O)NCCCCCC(=O)Nc1ccc(CC(=O)O)cc1. The summed E-state index contributed by atoms with van der Waals surface area (Å²) in [6.45, 7) is 2.12. The summed E-state index contributed by atoms with van der Waals surface area (Å²) in [5.74, 6) is -0.981. The number of nitrogens with one attached hydrogen (secondary N) is 2. The molecule has 0 atom stereocenters. The lowest BCUT2D eigenvalue weighted by atomic mass is 10.1. The molecule has 0 unspecified atom stereocenters. The molecule has 0 aliphatic carbocycles. The molecule has 0 aliphatic heterocycles. The van der Waals surface area contributed by atoms with E-state index in [4.69, 9.17) is 5.11 Å². The lowest BCUT2D eigenvalue weighted by Crippen LogP contribution is -2.20. The van der Waals surface area contributed by atoms with E-state index in [0.29, 0.717) is 24.2 Å². The van der Waals surface area contributed by atoms with E-state index in [2.05, 4.69) is 10.6 Å². The van der Waals surface area contributed by atoms with Crippen molar-refractivity contribution in [2.24, 2.45) is 0 Å². The standard InChI is InChI=1S/C16H22N2O4/c1-12(19)17-10-4-2-3-5-15(20)18-14-8-6-13(7-9-14)11-16(21)22/h6-9H,2-5,10-11H2,1H3,(H,17,19)(H,18,20)(H,21,22). The van der Waals surface area contributed by atoms with E-state index < -0.39 is 5.97 Å². The normalized spacial score (nSPS) is 10.0. The zero-order chi connectivity index (χ0) is 16.4. The average Bonchev–Trinajstić information content (AvgIpc) is 2.44. The first-order chi connectivity index (χ1) is 10.5. The smallest absolute Gasteiger partial charge is 0.307 e. The fourth-order valence-corrected chi connectivity index (χ4v) is 1.96. The Morgan fingerprint density at radius 2 is 1.73 bits per heavy atom. The van der Waals surface area contributed by atoms with Gasteiger partial charge in [-0.1, -0.05) is 18.6 Å². The molecule has 6 nitrogen and oxygen atoms in total. The molecule has 120 valence electrons. The molecule has 1 aromatic rings. The van der Waals surface area contributed by atoms with Gasteiger partial charge in [0.15, 0.2) is 0 Å². The van der Waals surface area contributed by atoms with Crippen LogP contribution in [0.2, 0.25) is 0 Å². The Bertz CT molecular complexity index is 511. The summed E-state index contributed by atoms with van der Waals surface area (Å²) in [5, 5.41) is 14.2. The molecule has 2 amide bonds. The second-order valence-corrected chi connectivity index (χ2v) is 5.11. The predicted octanol–water partition coefficient (Wildman–Crippen LogP) is 1.95. The Balaban J connectivity index is 2.21. The molecule has 0 fully saturated rings. The van der Waals surface area contributed by atoms with Crippen LogP contribution in [0.1, 0.15) is 38.2 Å². The first kappa shape index (κ1) is 17.7. The van der Waals surface area contributed by atoms with Gasteiger partial charge in [0.05, 0.1) is 6.42 Å². The van der Waals surface area contributed by atoms with Crippen molar-refractivity contribution in [3.05, 3.63) is 29.8 Å². The Hall–Kier alpha value is -2.37. The van der Waals surface area contributed by atoms with Crippen molar-refractivity contribution in [1.29, 1.82) is 0 Å². The van der Waals surface area contributed by atoms with Gasteiger partial charge in [0.1, 0.15) is 0 Å². The molecule has 22 heavy (non-hydrogen) atoms. The van der Waals surface area contributed by atoms with Gasteiger partial charge in [-0.2, -0.15) is 0 Å². The number of anilines is 1. The number of hydrogen-bond donors (Lipinski definition) is 3. The van der Waals surface area contributed by atoms with Gasteiger partial charge in [0.2, 0.25) is 11.8 Å². The summed E-state index contributed by atoms with van der Waals surface area (Å²) < 4.78 is 0. The van der Waals surface area contributed by atoms with Gasteiger partial charge >= 0.3 is 5.97 Å². The van der Waals surface area contributed by atoms with Gasteiger partial charge in [-0.15, -0.1) is 0 Å². The van der Waals surface area contributed by atoms with Crippen LogP contribution < -0.4 is 10.6 Å². The molecule has 0 aliphatic rings. The number of rotatable bonds is 9. The maximum absolute atomic E-state index is 11.7. The molecular weight excluding hydrogens is 284 g/mol. The van der Waals surface area contributed by atoms with Crippen LogP contribution in [0.4, 0.5) is 5.69 Å². The Labute approximate surface area is 129 Å². The molecule has 0 heterocycles. The molecule has 0 saturated carbocycles. The fourth-order valence-electron chi connectivity index (χ4n) is 1.96. The molecule has 0 aromatic heterocycles. The van der Waals surface area contributed by atoms with Crippen molar-refractivity contribution in [3.8, 4) is 0 Å². The first-order valence-corrected chi connectivity index (χ1v) is 7.32. The van der Waals surface area contributed by atoms with E-state index in [0.717, 1.165) is 19.3 Å². The van der Waals surface area contributed by atoms with E-state index in [1.807, 2.05) is 0 Å². The highest BCUT2D eigenvalue weighted by molar-refractivity contribution is 5.90. The van der Waals surface area contributed by atoms with Gasteiger partial charge in [0, 0.05) is 25.6 Å². The molecule has 0 saturated heterocycles. The highest BCUT2D eigenvalue weighted by Crippen LogP contribution is 2.11. The van der Waals surface area contributed by atoms with E-state index in [1.165, 1.54) is 6.92 Å². The highest BCUT2D eigenvalue weighted by Gasteiger charge is 2.04. The number of hydrogen-bond acceptors (Lipinski definition) is 3. The average molecular weight is 306 g/mol. The Morgan fingerprint density at radius 3 is 2.32 bits per heavy atom. The lowest BCUT2D eigenvalue weighted by molar-refractivity contribution is -0.136. The van der Waals surface area contributed by atoms with E-state index in [1.54, 1.807) is 24.3 Å². The van der Waals surface area contributed by atoms with Crippen molar-refractivity contribution < 1.29 is 19.5 Å². The first-order valence-electron chi connectivity index (χ1n) is 7.32. The molecule has 0 spiro atoms. The second-order valence-electron chi connectivity index (χ2n) is 5.11. The van der Waals surface area contributed by atoms with Crippen LogP contribution in [0, 0.1) is 0 Å². The number of carbonyl (C=O) groups excluding carboxylic acids is 2. The summed E-state index contributed by atoms with van der Waals surface area (Å²) in [5.41, 5.74) is 1.36. The minimum Gasteiger partial charge on any atom is -0.481 e. The third-order valence-electron chi connectivity index (χ3n) is 3.05. The molecular formula is C16H22N2O4. The van der Waals surface area contributed by atoms with Crippen LogP contribution in [-0.2, 0) is 20.8 Å². The largest absolute Gasteiger partial charge is 0.481 e. The summed E-state index contributed by atoms with van der Waals surface area (Å²) in [7, 11) is 0. The fraction of sp³-hybridized carbons (Fsp3) is 0.438. The molecule has 0 bridgehead atoms. The van der Waals surface area contributed by atoms with Gasteiger partial charge in [-0.05, 0) is 30.5 Å². The quantitative estimate of drug-likeness (QED) is 0.608. The van der Waals surface area contributed by atoms with Crippen molar-refractivity contribution >= 4 is 23.5 Å². The zero-order valence-corrected chi connectivity index (χ0v) is 12.7. The Kier molecular flexibility index (Phi) is 7.67. The van der Waals surface area contributed by atoms with Crippen LogP contribution in [0.3, 0.4) is 0 Å². The summed E-state index contributed by atoms with van der Waals surface area (Å²) in [4.78, 5) is 33.0. The maximum Gasteiger partial charge on any atom is 0.307 e. The molecule has 3 N–H and O–H groups in total. The number of amides is 2. The number of benzene rings is 1. The van der Waals surface area contributed by atoms with Crippen molar-refractivity contribution in [2.45, 2.75) is 39.0 Å². The van der Waals surface area contributed by atoms with Crippen molar-refractivity contribution in [2.75, 3.05) is 11.9 Å². The van der Waals surface area contributed by atoms with Gasteiger partial charge in [-0.3, -0.25) is 14.4 Å². The number of aliphatic carboxylic acids is 1. The monoisotopic (exact) mass is 306 g/mol. The van der Waals surface area contributed by atoms with E-state index in [9.17, 15) is 14.4 Å². The van der Waals surface area contributed by atoms with Crippen LogP contribution in [0.25, 0.3) is 0 Å². The van der Waals surface area contributed by atoms with Crippen molar-refractivity contribution in [1.82, 2.24) is 5.32 Å². The highest BCUT2D eigenvalue weighted by atomic mass is 16.4. The third-order valence-corrected chi connectivity index (χ3v) is 3.05. The third kappa shape index (κ3) is 8.04. The van der Waals surface area contributed by atoms with Crippen molar-refractivity contribution in [3.63, 3.8) is 0 Å². The van der Waals surface area contributed by atoms with Crippen LogP contribution in [-0.4, -0.2) is 29.4 Å². The number of carbonyl (C=O) groups is 3. The zero-order valence-electron chi connectivity index (χ0n) is 12.7. The van der Waals surface area contributed by atoms with Crippen LogP contribution in [0.5, 0.6) is 0 Å². The van der Waals surface area contributed by atoms with Crippen LogP contribution >= 0.6 is 0 Å². The summed E-state index contributed by atoms with van der Waals surface area (Å²) in [6, 6.07) is 6.79. The number of carboxylic acid groups (broad SMARTS) is 1. The number of carboxylic acids is 1. The predicted molar refractivity (Wildman–Crippen MR) is 83.6 cm³/mol. The molecule has 0 radical (unpaired) electrons. The van der Waals surface area contributed by atoms with Gasteiger partial charge in [-0.25, -0.2) is 0 Å². The lowest BCUT2D eigenvalue weighted by Gasteiger charge is -2.06. The molecule has 1 rings (SSSR count). The maximum atomic E-state index is 11.7. The minimum atomic E-state index is -0.879. The van der Waals surface area contributed by atoms with E-state index in [-0.39, 0.29) is 18.2 Å². The number of unbranched alkanes of at least 4 members (excludes halogenated alkanes) is 2. The minimum absolute atomic E-state index is 0.0253. The topological polar surface area (TPSA) is 95.5 Å². The second kappa shape index (κ2) is 9.55. The van der Waals surface area contributed by atoms with Crippen LogP contribution in [0.15, 0.2) is 24.3 Å². The Morgan fingerprint density at radius 1 is 1.05 bits per heavy atom. The molecule has 1 aromatic carbocycles. The van der Waals surface area contributed by atoms with Gasteiger partial charge < -0.3 is 15.7 Å². The summed E-state index contributed by atoms with van der Waals surface area (Å²) in [6.07, 6.45) is 2.91. The van der Waals surface area contributed by atoms with E-state index >= 15 is 0 Å². The summed E-state index contributed by atoms with van der Waals surface area (Å²) >= 11 is 0. The molecule has 6 heteroatoms.